The lowest BCUT2D eigenvalue weighted by Crippen LogP contribution is -2.51. The summed E-state index contributed by atoms with van der Waals surface area (Å²) in [6.07, 6.45) is 5.35. The Hall–Kier alpha value is -8.99. The second-order valence-electron chi connectivity index (χ2n) is 27.3. The average Bonchev–Trinajstić information content (AvgIpc) is 1.48. The molecule has 6 aromatic carbocycles. The molecule has 26 heteroatoms. The molecule has 0 atom stereocenters. The molecule has 0 spiro atoms. The van der Waals surface area contributed by atoms with E-state index in [2.05, 4.69) is 41.5 Å². The number of carbonyl (C=O) groups excluding carboxylic acids is 4. The molecular formula is C74H88F2N6O14S2Si2. The summed E-state index contributed by atoms with van der Waals surface area (Å²) < 4.78 is 118. The lowest BCUT2D eigenvalue weighted by atomic mass is 9.98. The van der Waals surface area contributed by atoms with Gasteiger partial charge in [-0.05, 0) is 129 Å². The number of aromatic nitrogens is 2. The molecule has 2 aliphatic heterocycles. The number of amides is 4. The molecule has 0 bridgehead atoms. The molecule has 0 saturated carbocycles. The summed E-state index contributed by atoms with van der Waals surface area (Å²) in [4.78, 5) is 69.8. The highest BCUT2D eigenvalue weighted by Gasteiger charge is 2.53. The average molecular weight is 1440 g/mol. The summed E-state index contributed by atoms with van der Waals surface area (Å²) in [5.74, 6) is -1.30. The van der Waals surface area contributed by atoms with E-state index in [1.807, 2.05) is 47.6 Å². The minimum absolute atomic E-state index is 0.00367. The molecule has 4 amide bonds. The van der Waals surface area contributed by atoms with E-state index in [1.165, 1.54) is 56.7 Å². The Morgan fingerprint density at radius 2 is 0.800 bits per heavy atom. The number of hydrogen-bond acceptors (Lipinski definition) is 17. The fourth-order valence-electron chi connectivity index (χ4n) is 14.8. The number of rotatable bonds is 25. The van der Waals surface area contributed by atoms with Crippen LogP contribution in [0.2, 0.25) is 33.2 Å². The first-order valence-corrected chi connectivity index (χ1v) is 40.9. The number of nitrogen functional groups attached to an aromatic ring is 1. The van der Waals surface area contributed by atoms with Gasteiger partial charge < -0.3 is 33.5 Å². The molecule has 10 rings (SSSR count). The fourth-order valence-corrected chi connectivity index (χ4v) is 28.3. The molecule has 2 aliphatic rings. The minimum Gasteiger partial charge on any atom is -0.541 e. The Labute approximate surface area is 586 Å². The van der Waals surface area contributed by atoms with Crippen LogP contribution in [0.3, 0.4) is 0 Å². The van der Waals surface area contributed by atoms with Crippen LogP contribution in [0.4, 0.5) is 20.2 Å². The highest BCUT2D eigenvalue weighted by molar-refractivity contribution is 8.09. The van der Waals surface area contributed by atoms with Crippen LogP contribution in [0, 0.1) is 11.6 Å². The van der Waals surface area contributed by atoms with E-state index < -0.39 is 77.4 Å². The molecule has 8 aromatic rings. The third-order valence-electron chi connectivity index (χ3n) is 19.2. The van der Waals surface area contributed by atoms with Gasteiger partial charge in [0.15, 0.2) is 0 Å². The largest absolute Gasteiger partial charge is 0.541 e. The fraction of sp³-hybridized carbons (Fsp3) is 0.378. The van der Waals surface area contributed by atoms with E-state index in [1.54, 1.807) is 80.0 Å². The van der Waals surface area contributed by atoms with Crippen LogP contribution in [-0.4, -0.2) is 118 Å². The molecule has 20 nitrogen and oxygen atoms in total. The smallest absolute Gasteiger partial charge is 0.265 e. The second kappa shape index (κ2) is 29.3. The molecule has 532 valence electrons. The van der Waals surface area contributed by atoms with E-state index in [0.29, 0.717) is 80.8 Å². The van der Waals surface area contributed by atoms with Gasteiger partial charge in [0.05, 0.1) is 87.7 Å². The van der Waals surface area contributed by atoms with Gasteiger partial charge in [-0.15, -0.1) is 0 Å². The lowest BCUT2D eigenvalue weighted by Gasteiger charge is -2.42. The Morgan fingerprint density at radius 1 is 0.460 bits per heavy atom. The molecule has 0 saturated heterocycles. The van der Waals surface area contributed by atoms with E-state index in [0.717, 1.165) is 16.0 Å². The summed E-state index contributed by atoms with van der Waals surface area (Å²) in [5, 5.41) is 0.515. The van der Waals surface area contributed by atoms with Crippen LogP contribution in [0.15, 0.2) is 109 Å². The zero-order valence-corrected chi connectivity index (χ0v) is 63.4. The predicted molar refractivity (Wildman–Crippen MR) is 389 cm³/mol. The third-order valence-corrected chi connectivity index (χ3v) is 34.3. The maximum absolute atomic E-state index is 14.8. The number of ether oxygens (including phenoxy) is 4. The monoisotopic (exact) mass is 1440 g/mol. The Kier molecular flexibility index (Phi) is 22.0. The van der Waals surface area contributed by atoms with Crippen LogP contribution in [0.1, 0.15) is 158 Å². The van der Waals surface area contributed by atoms with Crippen molar-refractivity contribution in [2.75, 3.05) is 50.4 Å². The molecular weight excluding hydrogens is 1360 g/mol. The maximum atomic E-state index is 14.8. The van der Waals surface area contributed by atoms with Crippen molar-refractivity contribution in [3.63, 3.8) is 0 Å². The summed E-state index contributed by atoms with van der Waals surface area (Å²) in [6.45, 7) is 24.9. The van der Waals surface area contributed by atoms with Gasteiger partial charge in [-0.2, -0.15) is 3.71 Å². The number of fused-ring (bicyclic) bond motifs is 4. The van der Waals surface area contributed by atoms with Gasteiger partial charge in [0.1, 0.15) is 57.2 Å². The van der Waals surface area contributed by atoms with Crippen molar-refractivity contribution < 1.29 is 72.6 Å². The van der Waals surface area contributed by atoms with E-state index in [9.17, 15) is 44.8 Å². The van der Waals surface area contributed by atoms with Crippen LogP contribution in [0.25, 0.3) is 21.8 Å². The van der Waals surface area contributed by atoms with Gasteiger partial charge >= 0.3 is 0 Å². The van der Waals surface area contributed by atoms with Crippen LogP contribution < -0.4 is 37.2 Å². The van der Waals surface area contributed by atoms with Gasteiger partial charge in [0.2, 0.25) is 20.0 Å². The topological polar surface area (TPSA) is 253 Å². The predicted octanol–water partition coefficient (Wildman–Crippen LogP) is 15.0. The number of methoxy groups -OCH3 is 4. The molecule has 2 aromatic heterocycles. The molecule has 0 unspecified atom stereocenters. The summed E-state index contributed by atoms with van der Waals surface area (Å²) in [5.41, 5.74) is 11.0. The number of benzene rings is 6. The van der Waals surface area contributed by atoms with Crippen molar-refractivity contribution in [1.82, 2.24) is 19.8 Å². The molecule has 100 heavy (non-hydrogen) atoms. The number of halogens is 2. The van der Waals surface area contributed by atoms with Crippen LogP contribution >= 0.6 is 0 Å². The number of hydrogen-bond donors (Lipinski definition) is 1. The Bertz CT molecular complexity index is 4670. The van der Waals surface area contributed by atoms with Gasteiger partial charge in [-0.1, -0.05) is 107 Å². The summed E-state index contributed by atoms with van der Waals surface area (Å²) >= 11 is 0. The first-order chi connectivity index (χ1) is 47.0. The minimum atomic E-state index is -4.66. The number of nitrogens with zero attached hydrogens (tertiary/aromatic N) is 5. The number of anilines is 2. The molecule has 0 aliphatic carbocycles. The zero-order chi connectivity index (χ0) is 73.6. The van der Waals surface area contributed by atoms with Gasteiger partial charge in [-0.3, -0.25) is 38.9 Å². The van der Waals surface area contributed by atoms with Crippen molar-refractivity contribution >= 4 is 93.5 Å². The number of nitrogens with two attached hydrogens (primary N) is 1. The number of imide groups is 2. The molecule has 2 N–H and O–H groups in total. The lowest BCUT2D eigenvalue weighted by molar-refractivity contribution is 0.0625. The molecule has 0 fully saturated rings. The zero-order valence-electron chi connectivity index (χ0n) is 59.8. The van der Waals surface area contributed by atoms with Gasteiger partial charge in [-0.25, -0.2) is 25.6 Å². The normalized spacial score (nSPS) is 13.5. The first-order valence-electron chi connectivity index (χ1n) is 32.9. The number of carbonyl (C=O) groups is 4. The summed E-state index contributed by atoms with van der Waals surface area (Å²) in [6, 6.07) is 25.6. The van der Waals surface area contributed by atoms with Crippen molar-refractivity contribution in [3.05, 3.63) is 177 Å². The van der Waals surface area contributed by atoms with Crippen molar-refractivity contribution in [2.24, 2.45) is 0 Å². The molecule has 4 heterocycles. The van der Waals surface area contributed by atoms with E-state index in [4.69, 9.17) is 43.5 Å². The van der Waals surface area contributed by atoms with Crippen molar-refractivity contribution in [3.8, 4) is 34.5 Å². The second-order valence-corrected chi connectivity index (χ2v) is 42.0. The highest BCUT2D eigenvalue weighted by atomic mass is 32.3. The van der Waals surface area contributed by atoms with Crippen molar-refractivity contribution in [2.45, 2.75) is 142 Å². The first kappa shape index (κ1) is 75.2. The number of sulfonamides is 2. The highest BCUT2D eigenvalue weighted by Crippen LogP contribution is 2.53. The van der Waals surface area contributed by atoms with Crippen LogP contribution in [0.5, 0.6) is 34.5 Å². The standard InChI is InChI=1S/C38H46FN3O9S2Si.C36H42FN3O5Si/c1-22(2)54(23(3)4,24(5)6)51-36-33-32(37(43)41(38(33)44)21-27-13-16-29(49-7)19-31(27)50-8)35(42(52(9,45)46)53(10,47)48)30-18-26(20-40-34(30)36)17-25-11-14-28(39)15-12-25;1-20(2)46(21(3)4,22(5)6)45-34-31-30(35(41)40(36(31)42)19-25-11-14-27(43-7)17-29(25)44-8)32(38)28-16-24(18-39-33(28)34)15-23-9-12-26(37)13-10-23/h11-16,18-20,22-24H,17,21H2,1-10H3;9-14,16-18,20-22H,15,19,38H2,1-8H3. The van der Waals surface area contributed by atoms with Crippen LogP contribution in [-0.2, 0) is 46.0 Å². The van der Waals surface area contributed by atoms with E-state index >= 15 is 0 Å². The van der Waals surface area contributed by atoms with Crippen molar-refractivity contribution in [1.29, 1.82) is 0 Å². The number of pyridine rings is 2. The maximum Gasteiger partial charge on any atom is 0.265 e. The third kappa shape index (κ3) is 14.1. The summed E-state index contributed by atoms with van der Waals surface area (Å²) in [7, 11) is -8.90. The SMILES string of the molecule is COc1ccc(CN2C(=O)c3c(c(O[Si](C(C)C)(C(C)C)C(C)C)c4ncc(Cc5ccc(F)cc5)cc4c3N(S(C)(=O)=O)S(C)(=O)=O)C2=O)c(OC)c1.COc1ccc(CN2C(=O)c3c(c(O[Si](C(C)C)(C(C)C)C(C)C)c4ncc(Cc5ccc(F)cc5)cc4c3N)C2=O)c(OC)c1. The Morgan fingerprint density at radius 3 is 1.15 bits per heavy atom. The van der Waals surface area contributed by atoms with Gasteiger partial charge in [0.25, 0.3) is 40.3 Å². The van der Waals surface area contributed by atoms with Gasteiger partial charge in [0, 0.05) is 46.4 Å². The molecule has 0 radical (unpaired) electrons. The van der Waals surface area contributed by atoms with E-state index in [-0.39, 0.29) is 101 Å². The Balaban J connectivity index is 0.000000236. The quantitative estimate of drug-likeness (QED) is 0.0317.